The molecule has 0 unspecified atom stereocenters. The number of carbonyl (C=O) groups is 1. The minimum atomic E-state index is -1.75. The normalized spacial score (nSPS) is 13.9. The summed E-state index contributed by atoms with van der Waals surface area (Å²) in [6.45, 7) is 1.96. The monoisotopic (exact) mass is 304 g/mol. The number of alkyl halides is 2. The van der Waals surface area contributed by atoms with E-state index in [1.54, 1.807) is 0 Å². The highest BCUT2D eigenvalue weighted by atomic mass is 35.5. The van der Waals surface area contributed by atoms with Gasteiger partial charge in [-0.15, -0.1) is 0 Å². The maximum absolute atomic E-state index is 11.6. The van der Waals surface area contributed by atoms with E-state index in [0.717, 1.165) is 25.2 Å². The standard InChI is InChI=1S/C13H17ClN2O.CH2F2/c14-12-4-1-3-11(9-12)10-15-13(17)5-8-16-6-2-7-16;2-1-3/h1,3-4,9H,2,5-8,10H2,(H,15,17);1H2. The van der Waals surface area contributed by atoms with E-state index in [0.29, 0.717) is 18.0 Å². The van der Waals surface area contributed by atoms with Crippen LogP contribution in [-0.2, 0) is 11.3 Å². The molecule has 1 amide bonds. The quantitative estimate of drug-likeness (QED) is 0.907. The molecule has 3 nitrogen and oxygen atoms in total. The average Bonchev–Trinajstić information content (AvgIpc) is 2.35. The second-order valence-electron chi connectivity index (χ2n) is 4.45. The topological polar surface area (TPSA) is 32.3 Å². The van der Waals surface area contributed by atoms with Gasteiger partial charge in [0.25, 0.3) is 0 Å². The summed E-state index contributed by atoms with van der Waals surface area (Å²) in [5, 5.41) is 3.61. The Morgan fingerprint density at radius 3 is 2.60 bits per heavy atom. The highest BCUT2D eigenvalue weighted by molar-refractivity contribution is 6.30. The van der Waals surface area contributed by atoms with Crippen molar-refractivity contribution in [2.75, 3.05) is 26.6 Å². The Kier molecular flexibility index (Phi) is 8.14. The molecular weight excluding hydrogens is 286 g/mol. The van der Waals surface area contributed by atoms with Crippen LogP contribution < -0.4 is 5.32 Å². The largest absolute Gasteiger partial charge is 0.352 e. The second kappa shape index (κ2) is 9.66. The first-order valence-electron chi connectivity index (χ1n) is 6.51. The number of hydrogen-bond acceptors (Lipinski definition) is 2. The van der Waals surface area contributed by atoms with E-state index >= 15 is 0 Å². The lowest BCUT2D eigenvalue weighted by molar-refractivity contribution is -0.121. The van der Waals surface area contributed by atoms with Crippen LogP contribution in [0.3, 0.4) is 0 Å². The van der Waals surface area contributed by atoms with E-state index in [9.17, 15) is 13.6 Å². The van der Waals surface area contributed by atoms with Crippen LogP contribution in [0.1, 0.15) is 18.4 Å². The third kappa shape index (κ3) is 6.82. The predicted molar refractivity (Wildman–Crippen MR) is 76.1 cm³/mol. The van der Waals surface area contributed by atoms with Gasteiger partial charge in [0.1, 0.15) is 0 Å². The first-order chi connectivity index (χ1) is 9.65. The number of benzene rings is 1. The summed E-state index contributed by atoms with van der Waals surface area (Å²) in [4.78, 5) is 13.9. The number of nitrogens with one attached hydrogen (secondary N) is 1. The van der Waals surface area contributed by atoms with Crippen molar-refractivity contribution < 1.29 is 13.6 Å². The molecule has 0 saturated carbocycles. The van der Waals surface area contributed by atoms with E-state index in [1.165, 1.54) is 6.42 Å². The maximum atomic E-state index is 11.6. The number of carbonyl (C=O) groups excluding carboxylic acids is 1. The molecule has 0 aliphatic carbocycles. The molecule has 0 bridgehead atoms. The van der Waals surface area contributed by atoms with Crippen molar-refractivity contribution in [2.45, 2.75) is 19.4 Å². The third-order valence-corrected chi connectivity index (χ3v) is 3.22. The van der Waals surface area contributed by atoms with Crippen LogP contribution in [0.2, 0.25) is 5.02 Å². The molecule has 1 aromatic carbocycles. The van der Waals surface area contributed by atoms with Crippen molar-refractivity contribution in [1.29, 1.82) is 0 Å². The van der Waals surface area contributed by atoms with Crippen LogP contribution in [0.4, 0.5) is 8.78 Å². The zero-order valence-corrected chi connectivity index (χ0v) is 12.0. The first kappa shape index (κ1) is 16.9. The van der Waals surface area contributed by atoms with Gasteiger partial charge in [-0.2, -0.15) is 0 Å². The molecule has 6 heteroatoms. The molecule has 1 aliphatic heterocycles. The van der Waals surface area contributed by atoms with E-state index in [2.05, 4.69) is 10.2 Å². The Labute approximate surface area is 122 Å². The lowest BCUT2D eigenvalue weighted by atomic mass is 10.2. The van der Waals surface area contributed by atoms with Crippen molar-refractivity contribution >= 4 is 17.5 Å². The van der Waals surface area contributed by atoms with Crippen LogP contribution in [0.5, 0.6) is 0 Å². The SMILES string of the molecule is FCF.O=C(CCN1CCC1)NCc1cccc(Cl)c1. The van der Waals surface area contributed by atoms with Crippen molar-refractivity contribution in [3.05, 3.63) is 34.9 Å². The Balaban J connectivity index is 0.000000612. The molecule has 1 saturated heterocycles. The lowest BCUT2D eigenvalue weighted by Crippen LogP contribution is -2.39. The average molecular weight is 305 g/mol. The minimum Gasteiger partial charge on any atom is -0.352 e. The zero-order chi connectivity index (χ0) is 14.8. The molecule has 0 spiro atoms. The van der Waals surface area contributed by atoms with Crippen molar-refractivity contribution in [3.63, 3.8) is 0 Å². The molecule has 112 valence electrons. The molecule has 1 fully saturated rings. The summed E-state index contributed by atoms with van der Waals surface area (Å²) in [7, 11) is 0. The molecule has 0 atom stereocenters. The van der Waals surface area contributed by atoms with Crippen LogP contribution in [-0.4, -0.2) is 37.4 Å². The molecule has 2 rings (SSSR count). The molecule has 0 radical (unpaired) electrons. The number of rotatable bonds is 5. The maximum Gasteiger partial charge on any atom is 0.229 e. The summed E-state index contributed by atoms with van der Waals surface area (Å²) in [6.07, 6.45) is 1.85. The predicted octanol–water partition coefficient (Wildman–Crippen LogP) is 2.93. The molecular formula is C14H19ClF2N2O. The van der Waals surface area contributed by atoms with Crippen LogP contribution in [0, 0.1) is 0 Å². The Morgan fingerprint density at radius 1 is 1.35 bits per heavy atom. The van der Waals surface area contributed by atoms with E-state index in [4.69, 9.17) is 11.6 Å². The van der Waals surface area contributed by atoms with Gasteiger partial charge in [0.05, 0.1) is 0 Å². The van der Waals surface area contributed by atoms with Crippen LogP contribution in [0.25, 0.3) is 0 Å². The fourth-order valence-corrected chi connectivity index (χ4v) is 2.01. The second-order valence-corrected chi connectivity index (χ2v) is 4.89. The van der Waals surface area contributed by atoms with Crippen molar-refractivity contribution in [2.24, 2.45) is 0 Å². The van der Waals surface area contributed by atoms with Gasteiger partial charge in [0, 0.05) is 24.5 Å². The van der Waals surface area contributed by atoms with Crippen molar-refractivity contribution in [1.82, 2.24) is 10.2 Å². The number of nitrogens with zero attached hydrogens (tertiary/aromatic N) is 1. The summed E-state index contributed by atoms with van der Waals surface area (Å²) in [5.74, 6) is 0.108. The number of hydrogen-bond donors (Lipinski definition) is 1. The van der Waals surface area contributed by atoms with Gasteiger partial charge < -0.3 is 10.2 Å². The molecule has 0 aromatic heterocycles. The number of halogens is 3. The summed E-state index contributed by atoms with van der Waals surface area (Å²) in [6, 6.07) is 7.56. The van der Waals surface area contributed by atoms with Gasteiger partial charge >= 0.3 is 0 Å². The fourth-order valence-electron chi connectivity index (χ4n) is 1.80. The third-order valence-electron chi connectivity index (χ3n) is 2.98. The lowest BCUT2D eigenvalue weighted by Gasteiger charge is -2.30. The Bertz CT molecular complexity index is 414. The van der Waals surface area contributed by atoms with Gasteiger partial charge in [-0.05, 0) is 37.2 Å². The molecule has 1 aliphatic rings. The Hall–Kier alpha value is -1.20. The highest BCUT2D eigenvalue weighted by Gasteiger charge is 2.14. The molecule has 20 heavy (non-hydrogen) atoms. The van der Waals surface area contributed by atoms with Crippen molar-refractivity contribution in [3.8, 4) is 0 Å². The fraction of sp³-hybridized carbons (Fsp3) is 0.500. The molecule has 1 heterocycles. The van der Waals surface area contributed by atoms with Crippen LogP contribution >= 0.6 is 11.6 Å². The summed E-state index contributed by atoms with van der Waals surface area (Å²) < 4.78 is 19.2. The highest BCUT2D eigenvalue weighted by Crippen LogP contribution is 2.10. The zero-order valence-electron chi connectivity index (χ0n) is 11.2. The molecule has 1 aromatic rings. The van der Waals surface area contributed by atoms with Gasteiger partial charge in [0.15, 0.2) is 0 Å². The smallest absolute Gasteiger partial charge is 0.229 e. The van der Waals surface area contributed by atoms with Crippen LogP contribution in [0.15, 0.2) is 24.3 Å². The van der Waals surface area contributed by atoms with E-state index < -0.39 is 6.93 Å². The summed E-state index contributed by atoms with van der Waals surface area (Å²) in [5.41, 5.74) is 1.04. The Morgan fingerprint density at radius 2 is 2.05 bits per heavy atom. The van der Waals surface area contributed by atoms with Gasteiger partial charge in [-0.1, -0.05) is 23.7 Å². The van der Waals surface area contributed by atoms with Gasteiger partial charge in [0.2, 0.25) is 12.8 Å². The van der Waals surface area contributed by atoms with Gasteiger partial charge in [-0.3, -0.25) is 4.79 Å². The first-order valence-corrected chi connectivity index (χ1v) is 6.89. The minimum absolute atomic E-state index is 0.108. The van der Waals surface area contributed by atoms with Gasteiger partial charge in [-0.25, -0.2) is 8.78 Å². The molecule has 1 N–H and O–H groups in total. The number of likely N-dealkylation sites (tertiary alicyclic amines) is 1. The number of amides is 1. The summed E-state index contributed by atoms with van der Waals surface area (Å²) >= 11 is 5.87. The van der Waals surface area contributed by atoms with E-state index in [1.807, 2.05) is 24.3 Å². The van der Waals surface area contributed by atoms with E-state index in [-0.39, 0.29) is 5.91 Å².